The molecular weight excluding hydrogens is 401 g/mol. The number of rotatable bonds is 5. The van der Waals surface area contributed by atoms with Crippen LogP contribution in [0.2, 0.25) is 0 Å². The van der Waals surface area contributed by atoms with Crippen LogP contribution in [-0.2, 0) is 22.9 Å². The number of hydrogen-bond donors (Lipinski definition) is 2. The molecule has 1 aliphatic heterocycles. The van der Waals surface area contributed by atoms with Crippen LogP contribution in [-0.4, -0.2) is 32.6 Å². The average molecular weight is 418 g/mol. The van der Waals surface area contributed by atoms with Crippen LogP contribution >= 0.6 is 0 Å². The maximum atomic E-state index is 12.7. The number of anilines is 1. The molecule has 4 heterocycles. The molecule has 0 aromatic carbocycles. The first-order valence-electron chi connectivity index (χ1n) is 9.11. The fourth-order valence-corrected chi connectivity index (χ4v) is 3.08. The molecular formula is C19H17F3N6O2. The molecule has 0 spiro atoms. The summed E-state index contributed by atoms with van der Waals surface area (Å²) in [6, 6.07) is 5.69. The van der Waals surface area contributed by atoms with Crippen LogP contribution in [0.3, 0.4) is 0 Å². The third-order valence-electron chi connectivity index (χ3n) is 4.93. The summed E-state index contributed by atoms with van der Waals surface area (Å²) in [5, 5.41) is 13.9. The van der Waals surface area contributed by atoms with E-state index in [4.69, 9.17) is 4.42 Å². The van der Waals surface area contributed by atoms with Gasteiger partial charge in [-0.3, -0.25) is 9.78 Å². The minimum absolute atomic E-state index is 0.134. The average Bonchev–Trinajstić information content (AvgIpc) is 3.34. The molecule has 3 aromatic heterocycles. The number of hydrogen-bond acceptors (Lipinski definition) is 7. The lowest BCUT2D eigenvalue weighted by Gasteiger charge is -2.14. The van der Waals surface area contributed by atoms with Crippen molar-refractivity contribution in [1.82, 2.24) is 25.5 Å². The molecule has 1 saturated heterocycles. The van der Waals surface area contributed by atoms with E-state index in [1.165, 1.54) is 6.07 Å². The number of pyridine rings is 2. The van der Waals surface area contributed by atoms with Crippen LogP contribution in [0.4, 0.5) is 18.9 Å². The standard InChI is InChI=1S/C19H17F3N6O2/c1-18(6-8-24-16(18)29)17-28-27-15(30-17)14-13(3-2-7-23-14)26-10-12-5-4-11(9-25-12)19(20,21)22/h2-5,7,9,26H,6,8,10H2,1H3,(H,24,29). The van der Waals surface area contributed by atoms with E-state index in [1.807, 2.05) is 0 Å². The maximum absolute atomic E-state index is 12.7. The zero-order chi connectivity index (χ0) is 21.4. The molecule has 1 aliphatic rings. The Morgan fingerprint density at radius 3 is 2.73 bits per heavy atom. The molecule has 156 valence electrons. The van der Waals surface area contributed by atoms with Gasteiger partial charge in [-0.2, -0.15) is 13.2 Å². The van der Waals surface area contributed by atoms with E-state index in [1.54, 1.807) is 25.3 Å². The van der Waals surface area contributed by atoms with Gasteiger partial charge in [-0.1, -0.05) is 0 Å². The summed E-state index contributed by atoms with van der Waals surface area (Å²) >= 11 is 0. The SMILES string of the molecule is CC1(c2nnc(-c3ncccc3NCc3ccc(C(F)(F)F)cn3)o2)CCNC1=O. The van der Waals surface area contributed by atoms with Gasteiger partial charge in [0.15, 0.2) is 5.69 Å². The Morgan fingerprint density at radius 2 is 2.07 bits per heavy atom. The van der Waals surface area contributed by atoms with Crippen molar-refractivity contribution in [1.29, 1.82) is 0 Å². The van der Waals surface area contributed by atoms with Crippen LogP contribution in [0.15, 0.2) is 41.1 Å². The summed E-state index contributed by atoms with van der Waals surface area (Å²) in [6.45, 7) is 2.43. The number of carbonyl (C=O) groups excluding carboxylic acids is 1. The highest BCUT2D eigenvalue weighted by molar-refractivity contribution is 5.88. The van der Waals surface area contributed by atoms with Crippen LogP contribution < -0.4 is 10.6 Å². The van der Waals surface area contributed by atoms with Gasteiger partial charge in [0.2, 0.25) is 11.8 Å². The van der Waals surface area contributed by atoms with Crippen molar-refractivity contribution < 1.29 is 22.4 Å². The first kappa shape index (κ1) is 19.8. The molecule has 1 fully saturated rings. The summed E-state index contributed by atoms with van der Waals surface area (Å²) in [6.07, 6.45) is -1.55. The van der Waals surface area contributed by atoms with Crippen molar-refractivity contribution in [2.24, 2.45) is 0 Å². The fourth-order valence-electron chi connectivity index (χ4n) is 3.08. The van der Waals surface area contributed by atoms with Crippen LogP contribution in [0.1, 0.15) is 30.5 Å². The van der Waals surface area contributed by atoms with Gasteiger partial charge < -0.3 is 15.1 Å². The molecule has 8 nitrogen and oxygen atoms in total. The molecule has 1 amide bonds. The Bertz CT molecular complexity index is 1070. The molecule has 1 atom stereocenters. The molecule has 2 N–H and O–H groups in total. The van der Waals surface area contributed by atoms with E-state index in [0.29, 0.717) is 30.0 Å². The topological polar surface area (TPSA) is 106 Å². The Kier molecular flexibility index (Phi) is 4.88. The van der Waals surface area contributed by atoms with Crippen molar-refractivity contribution in [3.8, 4) is 11.6 Å². The fraction of sp³-hybridized carbons (Fsp3) is 0.316. The van der Waals surface area contributed by atoms with Crippen LogP contribution in [0.25, 0.3) is 11.6 Å². The largest absolute Gasteiger partial charge is 0.418 e. The number of nitrogens with one attached hydrogen (secondary N) is 2. The Hall–Kier alpha value is -3.50. The predicted octanol–water partition coefficient (Wildman–Crippen LogP) is 2.94. The Morgan fingerprint density at radius 1 is 1.23 bits per heavy atom. The lowest BCUT2D eigenvalue weighted by atomic mass is 9.89. The summed E-state index contributed by atoms with van der Waals surface area (Å²) in [4.78, 5) is 20.2. The van der Waals surface area contributed by atoms with E-state index >= 15 is 0 Å². The van der Waals surface area contributed by atoms with E-state index < -0.39 is 17.2 Å². The van der Waals surface area contributed by atoms with Crippen molar-refractivity contribution in [2.75, 3.05) is 11.9 Å². The van der Waals surface area contributed by atoms with Gasteiger partial charge in [-0.05, 0) is 37.6 Å². The van der Waals surface area contributed by atoms with E-state index in [-0.39, 0.29) is 24.2 Å². The van der Waals surface area contributed by atoms with Gasteiger partial charge in [0, 0.05) is 18.9 Å². The molecule has 1 unspecified atom stereocenters. The zero-order valence-corrected chi connectivity index (χ0v) is 15.8. The second-order valence-corrected chi connectivity index (χ2v) is 7.04. The quantitative estimate of drug-likeness (QED) is 0.656. The van der Waals surface area contributed by atoms with Gasteiger partial charge in [0.25, 0.3) is 5.89 Å². The minimum Gasteiger partial charge on any atom is -0.418 e. The third kappa shape index (κ3) is 3.70. The van der Waals surface area contributed by atoms with Crippen LogP contribution in [0.5, 0.6) is 0 Å². The normalized spacial score (nSPS) is 19.0. The molecule has 0 bridgehead atoms. The molecule has 0 aliphatic carbocycles. The number of carbonyl (C=O) groups is 1. The van der Waals surface area contributed by atoms with Crippen molar-refractivity contribution >= 4 is 11.6 Å². The van der Waals surface area contributed by atoms with E-state index in [0.717, 1.165) is 12.3 Å². The lowest BCUT2D eigenvalue weighted by molar-refractivity contribution is -0.137. The summed E-state index contributed by atoms with van der Waals surface area (Å²) < 4.78 is 43.7. The number of aromatic nitrogens is 4. The number of nitrogens with zero attached hydrogens (tertiary/aromatic N) is 4. The Labute approximate surface area is 168 Å². The van der Waals surface area contributed by atoms with Gasteiger partial charge in [0.1, 0.15) is 5.41 Å². The highest BCUT2D eigenvalue weighted by atomic mass is 19.4. The smallest absolute Gasteiger partial charge is 0.417 e. The molecule has 11 heteroatoms. The van der Waals surface area contributed by atoms with Crippen LogP contribution in [0, 0.1) is 0 Å². The number of alkyl halides is 3. The number of amides is 1. The van der Waals surface area contributed by atoms with Gasteiger partial charge in [0.05, 0.1) is 23.5 Å². The van der Waals surface area contributed by atoms with E-state index in [2.05, 4.69) is 30.8 Å². The third-order valence-corrected chi connectivity index (χ3v) is 4.93. The van der Waals surface area contributed by atoms with E-state index in [9.17, 15) is 18.0 Å². The van der Waals surface area contributed by atoms with Crippen molar-refractivity contribution in [3.05, 3.63) is 53.8 Å². The van der Waals surface area contributed by atoms with Gasteiger partial charge >= 0.3 is 6.18 Å². The molecule has 30 heavy (non-hydrogen) atoms. The number of halogens is 3. The summed E-state index contributed by atoms with van der Waals surface area (Å²) in [7, 11) is 0. The molecule has 0 radical (unpaired) electrons. The first-order chi connectivity index (χ1) is 14.3. The highest BCUT2D eigenvalue weighted by Gasteiger charge is 2.44. The zero-order valence-electron chi connectivity index (χ0n) is 15.8. The lowest BCUT2D eigenvalue weighted by Crippen LogP contribution is -2.32. The predicted molar refractivity (Wildman–Crippen MR) is 99.1 cm³/mol. The Balaban J connectivity index is 1.53. The van der Waals surface area contributed by atoms with Gasteiger partial charge in [-0.15, -0.1) is 10.2 Å². The molecule has 4 rings (SSSR count). The summed E-state index contributed by atoms with van der Waals surface area (Å²) in [5.74, 6) is 0.161. The maximum Gasteiger partial charge on any atom is 0.417 e. The first-order valence-corrected chi connectivity index (χ1v) is 9.11. The minimum atomic E-state index is -4.43. The highest BCUT2D eigenvalue weighted by Crippen LogP contribution is 2.33. The second kappa shape index (κ2) is 7.39. The van der Waals surface area contributed by atoms with Crippen molar-refractivity contribution in [2.45, 2.75) is 31.5 Å². The summed E-state index contributed by atoms with van der Waals surface area (Å²) in [5.41, 5.74) is -0.381. The molecule has 3 aromatic rings. The van der Waals surface area contributed by atoms with Crippen molar-refractivity contribution in [3.63, 3.8) is 0 Å². The van der Waals surface area contributed by atoms with Gasteiger partial charge in [-0.25, -0.2) is 4.98 Å². The second-order valence-electron chi connectivity index (χ2n) is 7.04. The molecule has 0 saturated carbocycles. The monoisotopic (exact) mass is 418 g/mol.